The van der Waals surface area contributed by atoms with Crippen LogP contribution in [0.1, 0.15) is 6.42 Å². The lowest BCUT2D eigenvalue weighted by Crippen LogP contribution is -2.51. The van der Waals surface area contributed by atoms with Gasteiger partial charge in [-0.2, -0.15) is 0 Å². The van der Waals surface area contributed by atoms with Gasteiger partial charge in [0.25, 0.3) is 0 Å². The van der Waals surface area contributed by atoms with Gasteiger partial charge in [-0.25, -0.2) is 0 Å². The first-order chi connectivity index (χ1) is 6.09. The molecule has 0 bridgehead atoms. The van der Waals surface area contributed by atoms with Crippen molar-refractivity contribution in [3.63, 3.8) is 0 Å². The van der Waals surface area contributed by atoms with Crippen molar-refractivity contribution >= 4 is 0 Å². The fourth-order valence-corrected chi connectivity index (χ4v) is 2.22. The highest BCUT2D eigenvalue weighted by Crippen LogP contribution is 2.27. The highest BCUT2D eigenvalue weighted by molar-refractivity contribution is 4.99. The summed E-state index contributed by atoms with van der Waals surface area (Å²) in [6, 6.07) is -0.201. The zero-order valence-corrected chi connectivity index (χ0v) is 7.24. The molecule has 2 rings (SSSR count). The molecule has 2 aliphatic rings. The third-order valence-electron chi connectivity index (χ3n) is 3.03. The third-order valence-corrected chi connectivity index (χ3v) is 3.03. The first-order valence-corrected chi connectivity index (χ1v) is 4.56. The molecule has 0 aromatic carbocycles. The van der Waals surface area contributed by atoms with Crippen LogP contribution in [-0.2, 0) is 0 Å². The summed E-state index contributed by atoms with van der Waals surface area (Å²) in [5, 5.41) is 37.6. The van der Waals surface area contributed by atoms with Crippen molar-refractivity contribution in [1.29, 1.82) is 0 Å². The number of rotatable bonds is 0. The normalized spacial score (nSPS) is 52.2. The van der Waals surface area contributed by atoms with Gasteiger partial charge in [-0.15, -0.1) is 0 Å². The van der Waals surface area contributed by atoms with Gasteiger partial charge in [0.2, 0.25) is 0 Å². The summed E-state index contributed by atoms with van der Waals surface area (Å²) in [4.78, 5) is 1.83. The molecule has 4 N–H and O–H groups in total. The summed E-state index contributed by atoms with van der Waals surface area (Å²) in [6.45, 7) is 0.718. The summed E-state index contributed by atoms with van der Waals surface area (Å²) < 4.78 is 0. The van der Waals surface area contributed by atoms with Crippen LogP contribution in [0.3, 0.4) is 0 Å². The molecule has 5 heteroatoms. The van der Waals surface area contributed by atoms with Gasteiger partial charge in [0.1, 0.15) is 0 Å². The Morgan fingerprint density at radius 1 is 0.846 bits per heavy atom. The Bertz CT molecular complexity index is 201. The Hall–Kier alpha value is -0.200. The third kappa shape index (κ3) is 1.47. The van der Waals surface area contributed by atoms with Gasteiger partial charge in [0.05, 0.1) is 24.4 Å². The maximum atomic E-state index is 9.51. The van der Waals surface area contributed by atoms with Crippen LogP contribution >= 0.6 is 0 Å². The van der Waals surface area contributed by atoms with Crippen LogP contribution in [0.5, 0.6) is 0 Å². The topological polar surface area (TPSA) is 84.2 Å². The predicted octanol–water partition coefficient (Wildman–Crippen LogP) is -2.48. The molecule has 2 heterocycles. The molecule has 2 aliphatic heterocycles. The minimum absolute atomic E-state index is 0.201. The SMILES string of the molecule is O[C@@H]1[C@H]2C[C@H](O)[C@H](O)CN2C[C@@H]1O. The first-order valence-electron chi connectivity index (χ1n) is 4.56. The number of fused-ring (bicyclic) bond motifs is 1. The molecular weight excluding hydrogens is 174 g/mol. The summed E-state index contributed by atoms with van der Waals surface area (Å²) in [5.41, 5.74) is 0. The fourth-order valence-electron chi connectivity index (χ4n) is 2.22. The lowest BCUT2D eigenvalue weighted by Gasteiger charge is -2.36. The molecule has 2 saturated heterocycles. The molecule has 5 atom stereocenters. The van der Waals surface area contributed by atoms with E-state index in [9.17, 15) is 20.4 Å². The highest BCUT2D eigenvalue weighted by atomic mass is 16.3. The standard InChI is InChI=1S/C8H15NO4/c10-5-1-4-8(13)7(12)3-9(4)2-6(5)11/h4-8,10-13H,1-3H2/t4-,5+,6-,7+,8-/m1/s1. The second-order valence-corrected chi connectivity index (χ2v) is 3.95. The predicted molar refractivity (Wildman–Crippen MR) is 44.0 cm³/mol. The lowest BCUT2D eigenvalue weighted by molar-refractivity contribution is -0.0661. The first kappa shape index (κ1) is 9.36. The van der Waals surface area contributed by atoms with E-state index >= 15 is 0 Å². The van der Waals surface area contributed by atoms with Crippen molar-refractivity contribution in [3.8, 4) is 0 Å². The average molecular weight is 189 g/mol. The van der Waals surface area contributed by atoms with E-state index in [1.165, 1.54) is 0 Å². The van der Waals surface area contributed by atoms with E-state index < -0.39 is 24.4 Å². The summed E-state index contributed by atoms with van der Waals surface area (Å²) in [6.07, 6.45) is -2.74. The van der Waals surface area contributed by atoms with Crippen molar-refractivity contribution in [3.05, 3.63) is 0 Å². The van der Waals surface area contributed by atoms with Crippen LogP contribution in [0.4, 0.5) is 0 Å². The summed E-state index contributed by atoms with van der Waals surface area (Å²) in [7, 11) is 0. The number of aliphatic hydroxyl groups excluding tert-OH is 4. The molecule has 0 aromatic heterocycles. The molecular formula is C8H15NO4. The maximum Gasteiger partial charge on any atom is 0.0967 e. The average Bonchev–Trinajstić information content (AvgIpc) is 2.32. The van der Waals surface area contributed by atoms with Gasteiger partial charge in [-0.3, -0.25) is 4.90 Å². The van der Waals surface area contributed by atoms with Crippen LogP contribution in [0, 0.1) is 0 Å². The molecule has 0 unspecified atom stereocenters. The summed E-state index contributed by atoms with van der Waals surface area (Å²) in [5.74, 6) is 0. The number of piperidine rings is 1. The highest BCUT2D eigenvalue weighted by Gasteiger charge is 2.45. The maximum absolute atomic E-state index is 9.51. The number of hydrogen-bond donors (Lipinski definition) is 4. The Kier molecular flexibility index (Phi) is 2.29. The van der Waals surface area contributed by atoms with E-state index in [1.54, 1.807) is 0 Å². The van der Waals surface area contributed by atoms with Crippen LogP contribution in [-0.4, -0.2) is 68.9 Å². The van der Waals surface area contributed by atoms with Gasteiger partial charge in [-0.1, -0.05) is 0 Å². The van der Waals surface area contributed by atoms with Crippen LogP contribution in [0.25, 0.3) is 0 Å². The van der Waals surface area contributed by atoms with E-state index in [4.69, 9.17) is 0 Å². The minimum atomic E-state index is -0.790. The number of nitrogens with zero attached hydrogens (tertiary/aromatic N) is 1. The monoisotopic (exact) mass is 189 g/mol. The van der Waals surface area contributed by atoms with E-state index in [-0.39, 0.29) is 6.04 Å². The van der Waals surface area contributed by atoms with Crippen molar-refractivity contribution in [2.24, 2.45) is 0 Å². The Balaban J connectivity index is 2.08. The quantitative estimate of drug-likeness (QED) is 0.339. The van der Waals surface area contributed by atoms with Crippen LogP contribution in [0.15, 0.2) is 0 Å². The Labute approximate surface area is 76.2 Å². The van der Waals surface area contributed by atoms with Crippen molar-refractivity contribution in [1.82, 2.24) is 4.90 Å². The molecule has 0 radical (unpaired) electrons. The van der Waals surface area contributed by atoms with Gasteiger partial charge in [-0.05, 0) is 6.42 Å². The van der Waals surface area contributed by atoms with Crippen LogP contribution < -0.4 is 0 Å². The zero-order valence-electron chi connectivity index (χ0n) is 7.24. The van der Waals surface area contributed by atoms with E-state index in [2.05, 4.69) is 0 Å². The Morgan fingerprint density at radius 3 is 2.15 bits per heavy atom. The molecule has 0 aliphatic carbocycles. The molecule has 13 heavy (non-hydrogen) atoms. The zero-order chi connectivity index (χ0) is 9.59. The molecule has 76 valence electrons. The second-order valence-electron chi connectivity index (χ2n) is 3.95. The Morgan fingerprint density at radius 2 is 1.46 bits per heavy atom. The number of aliphatic hydroxyl groups is 4. The number of hydrogen-bond acceptors (Lipinski definition) is 5. The second kappa shape index (κ2) is 3.18. The molecule has 0 amide bonds. The van der Waals surface area contributed by atoms with Gasteiger partial charge < -0.3 is 20.4 Å². The minimum Gasteiger partial charge on any atom is -0.390 e. The van der Waals surface area contributed by atoms with E-state index in [0.29, 0.717) is 19.5 Å². The van der Waals surface area contributed by atoms with Crippen molar-refractivity contribution in [2.45, 2.75) is 36.9 Å². The molecule has 0 saturated carbocycles. The smallest absolute Gasteiger partial charge is 0.0967 e. The molecule has 2 fully saturated rings. The molecule has 0 spiro atoms. The van der Waals surface area contributed by atoms with Gasteiger partial charge >= 0.3 is 0 Å². The largest absolute Gasteiger partial charge is 0.390 e. The van der Waals surface area contributed by atoms with E-state index in [0.717, 1.165) is 0 Å². The molecule has 0 aromatic rings. The van der Waals surface area contributed by atoms with Crippen molar-refractivity contribution < 1.29 is 20.4 Å². The van der Waals surface area contributed by atoms with Gasteiger partial charge in [0.15, 0.2) is 0 Å². The fraction of sp³-hybridized carbons (Fsp3) is 1.00. The summed E-state index contributed by atoms with van der Waals surface area (Å²) >= 11 is 0. The lowest BCUT2D eigenvalue weighted by atomic mass is 9.96. The van der Waals surface area contributed by atoms with Crippen LogP contribution in [0.2, 0.25) is 0 Å². The van der Waals surface area contributed by atoms with Crippen molar-refractivity contribution in [2.75, 3.05) is 13.1 Å². The van der Waals surface area contributed by atoms with E-state index in [1.807, 2.05) is 4.90 Å². The van der Waals surface area contributed by atoms with Gasteiger partial charge in [0, 0.05) is 19.1 Å². The molecule has 5 nitrogen and oxygen atoms in total.